The Kier molecular flexibility index (Phi) is 5.07. The Morgan fingerprint density at radius 3 is 2.59 bits per heavy atom. The molecule has 1 aliphatic carbocycles. The lowest BCUT2D eigenvalue weighted by molar-refractivity contribution is 0.0782. The quantitative estimate of drug-likeness (QED) is 0.435. The molecule has 4 heterocycles. The highest BCUT2D eigenvalue weighted by atomic mass is 16.5. The molecule has 5 rings (SSSR count). The maximum Gasteiger partial charge on any atom is 0.174 e. The molecule has 1 fully saturated rings. The van der Waals surface area contributed by atoms with Crippen LogP contribution >= 0.6 is 0 Å². The second-order valence-corrected chi connectivity index (χ2v) is 8.36. The average molecular weight is 428 g/mol. The minimum absolute atomic E-state index is 0.433. The Labute approximate surface area is 186 Å². The first-order valence-electron chi connectivity index (χ1n) is 10.6. The first-order chi connectivity index (χ1) is 15.5. The van der Waals surface area contributed by atoms with E-state index in [0.29, 0.717) is 34.9 Å². The Hall–Kier alpha value is -3.78. The number of pyridine rings is 3. The van der Waals surface area contributed by atoms with Crippen LogP contribution in [0.25, 0.3) is 11.4 Å². The molecular formula is C24H24N6O2. The second kappa shape index (κ2) is 8.05. The van der Waals surface area contributed by atoms with Crippen LogP contribution in [-0.4, -0.2) is 29.8 Å². The highest BCUT2D eigenvalue weighted by molar-refractivity contribution is 5.63. The highest BCUT2D eigenvalue weighted by Crippen LogP contribution is 2.39. The molecule has 0 atom stereocenters. The lowest BCUT2D eigenvalue weighted by Gasteiger charge is -2.17. The number of hydrogen-bond acceptors (Lipinski definition) is 7. The van der Waals surface area contributed by atoms with Crippen molar-refractivity contribution < 1.29 is 9.84 Å². The molecule has 1 saturated carbocycles. The largest absolute Gasteiger partial charge is 0.453 e. The van der Waals surface area contributed by atoms with Crippen molar-refractivity contribution >= 4 is 11.6 Å². The van der Waals surface area contributed by atoms with Gasteiger partial charge in [0.1, 0.15) is 17.4 Å². The summed E-state index contributed by atoms with van der Waals surface area (Å²) in [5.74, 6) is 2.50. The normalized spacial score (nSPS) is 13.7. The Bertz CT molecular complexity index is 1210. The number of aliphatic hydroxyl groups is 1. The molecule has 32 heavy (non-hydrogen) atoms. The van der Waals surface area contributed by atoms with E-state index in [9.17, 15) is 5.11 Å². The molecule has 4 aromatic rings. The van der Waals surface area contributed by atoms with Gasteiger partial charge in [-0.15, -0.1) is 0 Å². The van der Waals surface area contributed by atoms with Gasteiger partial charge in [0.05, 0.1) is 23.5 Å². The van der Waals surface area contributed by atoms with Gasteiger partial charge in [0.15, 0.2) is 11.4 Å². The van der Waals surface area contributed by atoms with Crippen LogP contribution in [0.3, 0.4) is 0 Å². The zero-order valence-corrected chi connectivity index (χ0v) is 17.9. The summed E-state index contributed by atoms with van der Waals surface area (Å²) in [6, 6.07) is 13.4. The fraction of sp³-hybridized carbons (Fsp3) is 0.250. The van der Waals surface area contributed by atoms with Gasteiger partial charge in [-0.3, -0.25) is 9.67 Å². The summed E-state index contributed by atoms with van der Waals surface area (Å²) in [4.78, 5) is 13.2. The number of aromatic nitrogens is 5. The van der Waals surface area contributed by atoms with Gasteiger partial charge in [0.2, 0.25) is 0 Å². The van der Waals surface area contributed by atoms with Crippen LogP contribution in [-0.2, 0) is 5.60 Å². The maximum absolute atomic E-state index is 10.1. The zero-order valence-electron chi connectivity index (χ0n) is 17.9. The maximum atomic E-state index is 10.1. The third kappa shape index (κ3) is 4.45. The van der Waals surface area contributed by atoms with Crippen LogP contribution in [0.1, 0.15) is 38.3 Å². The summed E-state index contributed by atoms with van der Waals surface area (Å²) in [6.45, 7) is 3.45. The smallest absolute Gasteiger partial charge is 0.174 e. The van der Waals surface area contributed by atoms with Crippen LogP contribution in [0, 0.1) is 0 Å². The third-order valence-corrected chi connectivity index (χ3v) is 5.21. The predicted octanol–water partition coefficient (Wildman–Crippen LogP) is 4.83. The van der Waals surface area contributed by atoms with Crippen molar-refractivity contribution in [3.05, 3.63) is 72.8 Å². The standard InChI is InChI=1S/C24H24N6O2/c1-24(2,31)16-6-9-21(27-14-16)28-22-13-18(10-12-26-22)32-20-15-30(17-7-8-17)29-23(20)19-5-3-4-11-25-19/h3-6,9-15,17,31H,7-8H2,1-2H3,(H,26,27,28). The second-order valence-electron chi connectivity index (χ2n) is 8.36. The van der Waals surface area contributed by atoms with Gasteiger partial charge < -0.3 is 15.2 Å². The van der Waals surface area contributed by atoms with Gasteiger partial charge in [0.25, 0.3) is 0 Å². The predicted molar refractivity (Wildman–Crippen MR) is 121 cm³/mol. The molecule has 0 aliphatic heterocycles. The molecule has 1 aliphatic rings. The molecule has 0 bridgehead atoms. The number of hydrogen-bond donors (Lipinski definition) is 2. The fourth-order valence-electron chi connectivity index (χ4n) is 3.29. The van der Waals surface area contributed by atoms with Crippen LogP contribution in [0.5, 0.6) is 11.5 Å². The summed E-state index contributed by atoms with van der Waals surface area (Å²) in [6.07, 6.45) is 9.27. The molecule has 0 saturated heterocycles. The summed E-state index contributed by atoms with van der Waals surface area (Å²) in [5.41, 5.74) is 1.29. The number of rotatable bonds is 7. The van der Waals surface area contributed by atoms with E-state index in [0.717, 1.165) is 24.1 Å². The number of ether oxygens (including phenoxy) is 1. The molecule has 4 aromatic heterocycles. The number of nitrogens with one attached hydrogen (secondary N) is 1. The third-order valence-electron chi connectivity index (χ3n) is 5.21. The summed E-state index contributed by atoms with van der Waals surface area (Å²) < 4.78 is 8.17. The van der Waals surface area contributed by atoms with E-state index in [1.54, 1.807) is 44.6 Å². The Morgan fingerprint density at radius 1 is 1.03 bits per heavy atom. The van der Waals surface area contributed by atoms with Crippen molar-refractivity contribution in [1.29, 1.82) is 0 Å². The van der Waals surface area contributed by atoms with Crippen molar-refractivity contribution in [2.24, 2.45) is 0 Å². The number of anilines is 2. The fourth-order valence-corrected chi connectivity index (χ4v) is 3.29. The molecule has 0 spiro atoms. The van der Waals surface area contributed by atoms with E-state index in [1.807, 2.05) is 41.2 Å². The monoisotopic (exact) mass is 428 g/mol. The highest BCUT2D eigenvalue weighted by Gasteiger charge is 2.27. The van der Waals surface area contributed by atoms with Gasteiger partial charge in [0, 0.05) is 30.2 Å². The Balaban J connectivity index is 1.37. The Morgan fingerprint density at radius 2 is 1.91 bits per heavy atom. The molecule has 162 valence electrons. The first-order valence-corrected chi connectivity index (χ1v) is 10.6. The van der Waals surface area contributed by atoms with Crippen molar-refractivity contribution in [2.75, 3.05) is 5.32 Å². The lowest BCUT2D eigenvalue weighted by atomic mass is 10.0. The van der Waals surface area contributed by atoms with Crippen molar-refractivity contribution in [2.45, 2.75) is 38.3 Å². The molecule has 0 unspecified atom stereocenters. The topological polar surface area (TPSA) is 98.0 Å². The van der Waals surface area contributed by atoms with E-state index in [-0.39, 0.29) is 0 Å². The molecular weight excluding hydrogens is 404 g/mol. The van der Waals surface area contributed by atoms with Crippen LogP contribution in [0.4, 0.5) is 11.6 Å². The van der Waals surface area contributed by atoms with E-state index in [2.05, 4.69) is 20.3 Å². The summed E-state index contributed by atoms with van der Waals surface area (Å²) >= 11 is 0. The molecule has 2 N–H and O–H groups in total. The van der Waals surface area contributed by atoms with Crippen molar-refractivity contribution in [3.63, 3.8) is 0 Å². The summed E-state index contributed by atoms with van der Waals surface area (Å²) in [5, 5.41) is 18.0. The first kappa shape index (κ1) is 20.1. The molecule has 8 heteroatoms. The lowest BCUT2D eigenvalue weighted by Crippen LogP contribution is -2.15. The van der Waals surface area contributed by atoms with Gasteiger partial charge in [-0.2, -0.15) is 5.10 Å². The van der Waals surface area contributed by atoms with Crippen LogP contribution in [0.2, 0.25) is 0 Å². The zero-order chi connectivity index (χ0) is 22.1. The molecule has 0 aromatic carbocycles. The van der Waals surface area contributed by atoms with Crippen molar-refractivity contribution in [1.82, 2.24) is 24.7 Å². The van der Waals surface area contributed by atoms with Crippen LogP contribution < -0.4 is 10.1 Å². The summed E-state index contributed by atoms with van der Waals surface area (Å²) in [7, 11) is 0. The van der Waals surface area contributed by atoms with Gasteiger partial charge >= 0.3 is 0 Å². The van der Waals surface area contributed by atoms with E-state index in [1.165, 1.54) is 0 Å². The molecule has 8 nitrogen and oxygen atoms in total. The van der Waals surface area contributed by atoms with Gasteiger partial charge in [-0.1, -0.05) is 12.1 Å². The van der Waals surface area contributed by atoms with Gasteiger partial charge in [-0.25, -0.2) is 9.97 Å². The number of nitrogens with zero attached hydrogens (tertiary/aromatic N) is 5. The van der Waals surface area contributed by atoms with Crippen LogP contribution in [0.15, 0.2) is 67.3 Å². The molecule has 0 amide bonds. The van der Waals surface area contributed by atoms with Gasteiger partial charge in [-0.05, 0) is 51.0 Å². The van der Waals surface area contributed by atoms with E-state index in [4.69, 9.17) is 9.84 Å². The van der Waals surface area contributed by atoms with E-state index < -0.39 is 5.60 Å². The minimum Gasteiger partial charge on any atom is -0.453 e. The van der Waals surface area contributed by atoms with Crippen molar-refractivity contribution in [3.8, 4) is 22.9 Å². The average Bonchev–Trinajstić information content (AvgIpc) is 3.55. The van der Waals surface area contributed by atoms with E-state index >= 15 is 0 Å². The SMILES string of the molecule is CC(C)(O)c1ccc(Nc2cc(Oc3cn(C4CC4)nc3-c3ccccn3)ccn2)nc1. The molecule has 0 radical (unpaired) electrons. The minimum atomic E-state index is -0.937.